The third kappa shape index (κ3) is 5.89. The number of morpholine rings is 1. The molecule has 1 aromatic carbocycles. The molecule has 1 aliphatic heterocycles. The number of benzene rings is 1. The van der Waals surface area contributed by atoms with Crippen LogP contribution in [0.3, 0.4) is 0 Å². The maximum Gasteiger partial charge on any atom is 0.573 e. The molecule has 1 N–H and O–H groups in total. The normalized spacial score (nSPS) is 18.8. The highest BCUT2D eigenvalue weighted by atomic mass is 19.4. The molecule has 3 aromatic rings. The molecule has 0 spiro atoms. The Kier molecular flexibility index (Phi) is 6.37. The van der Waals surface area contributed by atoms with Gasteiger partial charge in [0.2, 0.25) is 5.95 Å². The van der Waals surface area contributed by atoms with Crippen molar-refractivity contribution in [1.29, 1.82) is 0 Å². The molecule has 0 amide bonds. The molecule has 1 aliphatic rings. The summed E-state index contributed by atoms with van der Waals surface area (Å²) in [6.45, 7) is 7.48. The lowest BCUT2D eigenvalue weighted by molar-refractivity contribution is -0.274. The zero-order chi connectivity index (χ0) is 23.6. The summed E-state index contributed by atoms with van der Waals surface area (Å²) in [5, 5.41) is 3.13. The molecule has 2 atom stereocenters. The van der Waals surface area contributed by atoms with Crippen LogP contribution in [0.4, 0.5) is 30.6 Å². The predicted octanol–water partition coefficient (Wildman–Crippen LogP) is 5.10. The van der Waals surface area contributed by atoms with Crippen molar-refractivity contribution in [3.8, 4) is 17.0 Å². The number of aromatic nitrogens is 3. The van der Waals surface area contributed by atoms with Crippen molar-refractivity contribution < 1.29 is 22.6 Å². The van der Waals surface area contributed by atoms with Crippen molar-refractivity contribution >= 4 is 17.5 Å². The first kappa shape index (κ1) is 22.8. The maximum atomic E-state index is 12.4. The van der Waals surface area contributed by atoms with E-state index in [9.17, 15) is 13.2 Å². The number of nitrogens with zero attached hydrogens (tertiary/aromatic N) is 4. The fourth-order valence-corrected chi connectivity index (χ4v) is 3.75. The second kappa shape index (κ2) is 9.22. The van der Waals surface area contributed by atoms with Crippen molar-refractivity contribution in [2.45, 2.75) is 39.3 Å². The Labute approximate surface area is 189 Å². The van der Waals surface area contributed by atoms with Gasteiger partial charge in [-0.2, -0.15) is 0 Å². The highest BCUT2D eigenvalue weighted by Crippen LogP contribution is 2.28. The average molecular weight is 459 g/mol. The molecular formula is C23H24F3N5O2. The van der Waals surface area contributed by atoms with Crippen LogP contribution in [0.1, 0.15) is 19.4 Å². The van der Waals surface area contributed by atoms with Gasteiger partial charge < -0.3 is 19.7 Å². The van der Waals surface area contributed by atoms with Crippen LogP contribution < -0.4 is 15.0 Å². The smallest absolute Gasteiger partial charge is 0.406 e. The first-order valence-corrected chi connectivity index (χ1v) is 10.5. The minimum Gasteiger partial charge on any atom is -0.406 e. The molecule has 2 aromatic heterocycles. The number of ether oxygens (including phenoxy) is 2. The molecule has 0 bridgehead atoms. The highest BCUT2D eigenvalue weighted by Gasteiger charge is 2.31. The number of rotatable bonds is 5. The summed E-state index contributed by atoms with van der Waals surface area (Å²) in [5.41, 5.74) is 2.76. The van der Waals surface area contributed by atoms with Gasteiger partial charge in [0.25, 0.3) is 0 Å². The summed E-state index contributed by atoms with van der Waals surface area (Å²) in [5.74, 6) is 0.940. The predicted molar refractivity (Wildman–Crippen MR) is 119 cm³/mol. The van der Waals surface area contributed by atoms with Crippen molar-refractivity contribution in [2.75, 3.05) is 23.3 Å². The number of aryl methyl sites for hydroxylation is 1. The SMILES string of the molecule is Cc1cnc(Nc2ccc(N3C[C@@H](C)O[C@@H](C)C3)nc2)nc1-c1ccc(OC(F)(F)F)cc1. The first-order chi connectivity index (χ1) is 15.7. The van der Waals surface area contributed by atoms with Crippen LogP contribution in [0.5, 0.6) is 5.75 Å². The lowest BCUT2D eigenvalue weighted by atomic mass is 10.1. The molecule has 0 unspecified atom stereocenters. The second-order valence-electron chi connectivity index (χ2n) is 7.99. The molecule has 1 saturated heterocycles. The molecule has 1 fully saturated rings. The Morgan fingerprint density at radius 3 is 2.30 bits per heavy atom. The standard InChI is InChI=1S/C23H24F3N5O2/c1-14-10-28-22(30-21(14)17-4-7-19(8-5-17)33-23(24,25)26)29-18-6-9-20(27-11-18)31-12-15(2)32-16(3)13-31/h4-11,15-16H,12-13H2,1-3H3,(H,28,29,30)/t15-,16+. The summed E-state index contributed by atoms with van der Waals surface area (Å²) in [6, 6.07) is 9.41. The van der Waals surface area contributed by atoms with Gasteiger partial charge in [-0.25, -0.2) is 15.0 Å². The van der Waals surface area contributed by atoms with E-state index in [2.05, 4.69) is 29.9 Å². The number of pyridine rings is 1. The van der Waals surface area contributed by atoms with Gasteiger partial charge in [0.15, 0.2) is 0 Å². The molecule has 174 valence electrons. The fourth-order valence-electron chi connectivity index (χ4n) is 3.75. The quantitative estimate of drug-likeness (QED) is 0.569. The van der Waals surface area contributed by atoms with Crippen molar-refractivity contribution in [3.63, 3.8) is 0 Å². The Morgan fingerprint density at radius 1 is 1.00 bits per heavy atom. The Bertz CT molecular complexity index is 1080. The summed E-state index contributed by atoms with van der Waals surface area (Å²) >= 11 is 0. The van der Waals surface area contributed by atoms with Crippen LogP contribution in [0.15, 0.2) is 48.8 Å². The van der Waals surface area contributed by atoms with Crippen molar-refractivity contribution in [3.05, 3.63) is 54.4 Å². The van der Waals surface area contributed by atoms with Gasteiger partial charge in [0.05, 0.1) is 29.8 Å². The number of alkyl halides is 3. The summed E-state index contributed by atoms with van der Waals surface area (Å²) < 4.78 is 46.9. The van der Waals surface area contributed by atoms with E-state index in [1.54, 1.807) is 12.4 Å². The van der Waals surface area contributed by atoms with Crippen molar-refractivity contribution in [1.82, 2.24) is 15.0 Å². The molecule has 0 aliphatic carbocycles. The van der Waals surface area contributed by atoms with E-state index in [0.717, 1.165) is 30.2 Å². The molecule has 33 heavy (non-hydrogen) atoms. The summed E-state index contributed by atoms with van der Waals surface area (Å²) in [4.78, 5) is 15.6. The van der Waals surface area contributed by atoms with Crippen LogP contribution >= 0.6 is 0 Å². The van der Waals surface area contributed by atoms with Crippen LogP contribution in [0, 0.1) is 6.92 Å². The zero-order valence-corrected chi connectivity index (χ0v) is 18.4. The van der Waals surface area contributed by atoms with Gasteiger partial charge in [-0.1, -0.05) is 0 Å². The van der Waals surface area contributed by atoms with Gasteiger partial charge in [-0.3, -0.25) is 0 Å². The van der Waals surface area contributed by atoms with Gasteiger partial charge in [-0.15, -0.1) is 13.2 Å². The summed E-state index contributed by atoms with van der Waals surface area (Å²) in [7, 11) is 0. The minimum absolute atomic E-state index is 0.141. The van der Waals surface area contributed by atoms with Crippen LogP contribution in [-0.4, -0.2) is 46.6 Å². The lowest BCUT2D eigenvalue weighted by Crippen LogP contribution is -2.45. The van der Waals surface area contributed by atoms with E-state index in [1.165, 1.54) is 24.3 Å². The average Bonchev–Trinajstić information content (AvgIpc) is 2.74. The molecule has 7 nitrogen and oxygen atoms in total. The van der Waals surface area contributed by atoms with Gasteiger partial charge in [0, 0.05) is 24.8 Å². The Hall–Kier alpha value is -3.40. The maximum absolute atomic E-state index is 12.4. The zero-order valence-electron chi connectivity index (χ0n) is 18.4. The van der Waals surface area contributed by atoms with Gasteiger partial charge in [0.1, 0.15) is 11.6 Å². The minimum atomic E-state index is -4.73. The van der Waals surface area contributed by atoms with Crippen LogP contribution in [0.25, 0.3) is 11.3 Å². The Morgan fingerprint density at radius 2 is 1.70 bits per heavy atom. The number of hydrogen-bond donors (Lipinski definition) is 1. The number of halogens is 3. The molecule has 4 rings (SSSR count). The number of anilines is 3. The van der Waals surface area contributed by atoms with Gasteiger partial charge >= 0.3 is 6.36 Å². The van der Waals surface area contributed by atoms with E-state index < -0.39 is 6.36 Å². The fraction of sp³-hybridized carbons (Fsp3) is 0.348. The largest absolute Gasteiger partial charge is 0.573 e. The topological polar surface area (TPSA) is 72.4 Å². The van der Waals surface area contributed by atoms with Crippen LogP contribution in [0.2, 0.25) is 0 Å². The van der Waals surface area contributed by atoms with E-state index in [1.807, 2.05) is 32.9 Å². The van der Waals surface area contributed by atoms with E-state index in [-0.39, 0.29) is 18.0 Å². The van der Waals surface area contributed by atoms with E-state index in [4.69, 9.17) is 4.74 Å². The number of hydrogen-bond acceptors (Lipinski definition) is 7. The highest BCUT2D eigenvalue weighted by molar-refractivity contribution is 5.66. The molecular weight excluding hydrogens is 435 g/mol. The number of nitrogens with one attached hydrogen (secondary N) is 1. The van der Waals surface area contributed by atoms with Crippen LogP contribution in [-0.2, 0) is 4.74 Å². The van der Waals surface area contributed by atoms with Crippen molar-refractivity contribution in [2.24, 2.45) is 0 Å². The monoisotopic (exact) mass is 459 g/mol. The third-order valence-electron chi connectivity index (χ3n) is 5.08. The molecule has 0 radical (unpaired) electrons. The lowest BCUT2D eigenvalue weighted by Gasteiger charge is -2.36. The summed E-state index contributed by atoms with van der Waals surface area (Å²) in [6.07, 6.45) is -1.08. The molecule has 3 heterocycles. The van der Waals surface area contributed by atoms with E-state index in [0.29, 0.717) is 17.2 Å². The molecule has 0 saturated carbocycles. The van der Waals surface area contributed by atoms with Gasteiger partial charge in [-0.05, 0) is 62.7 Å². The van der Waals surface area contributed by atoms with E-state index >= 15 is 0 Å². The molecule has 10 heteroatoms. The third-order valence-corrected chi connectivity index (χ3v) is 5.08. The Balaban J connectivity index is 1.48. The second-order valence-corrected chi connectivity index (χ2v) is 7.99. The first-order valence-electron chi connectivity index (χ1n) is 10.5.